The zero-order valence-electron chi connectivity index (χ0n) is 8.26. The van der Waals surface area contributed by atoms with Gasteiger partial charge in [-0.1, -0.05) is 13.8 Å². The van der Waals surface area contributed by atoms with E-state index in [-0.39, 0.29) is 5.91 Å². The summed E-state index contributed by atoms with van der Waals surface area (Å²) in [5.74, 6) is 1.34. The SMILES string of the molecule is CCC(C)NC(=O)C1CC(C)C1. The van der Waals surface area contributed by atoms with Gasteiger partial charge in [0.2, 0.25) is 5.91 Å². The van der Waals surface area contributed by atoms with Crippen LogP contribution in [0.15, 0.2) is 0 Å². The molecule has 0 radical (unpaired) electrons. The van der Waals surface area contributed by atoms with Crippen molar-refractivity contribution in [3.8, 4) is 0 Å². The molecule has 0 aromatic rings. The summed E-state index contributed by atoms with van der Waals surface area (Å²) in [4.78, 5) is 11.4. The first kappa shape index (κ1) is 9.56. The third-order valence-electron chi connectivity index (χ3n) is 2.75. The highest BCUT2D eigenvalue weighted by Crippen LogP contribution is 2.32. The van der Waals surface area contributed by atoms with Crippen molar-refractivity contribution < 1.29 is 4.79 Å². The molecule has 0 bridgehead atoms. The predicted molar refractivity (Wildman–Crippen MR) is 49.8 cm³/mol. The fraction of sp³-hybridized carbons (Fsp3) is 0.900. The van der Waals surface area contributed by atoms with E-state index in [0.717, 1.165) is 25.2 Å². The van der Waals surface area contributed by atoms with E-state index in [9.17, 15) is 4.79 Å². The standard InChI is InChI=1S/C10H19NO/c1-4-8(3)11-10(12)9-5-7(2)6-9/h7-9H,4-6H2,1-3H3,(H,11,12). The number of amides is 1. The van der Waals surface area contributed by atoms with Crippen molar-refractivity contribution >= 4 is 5.91 Å². The van der Waals surface area contributed by atoms with Crippen LogP contribution in [0.3, 0.4) is 0 Å². The van der Waals surface area contributed by atoms with E-state index in [1.54, 1.807) is 0 Å². The van der Waals surface area contributed by atoms with Gasteiger partial charge >= 0.3 is 0 Å². The Morgan fingerprint density at radius 2 is 2.17 bits per heavy atom. The quantitative estimate of drug-likeness (QED) is 0.687. The van der Waals surface area contributed by atoms with Crippen LogP contribution >= 0.6 is 0 Å². The molecule has 0 aromatic carbocycles. The number of carbonyl (C=O) groups excluding carboxylic acids is 1. The molecule has 1 unspecified atom stereocenters. The summed E-state index contributed by atoms with van der Waals surface area (Å²) in [5.41, 5.74) is 0. The Balaban J connectivity index is 2.20. The lowest BCUT2D eigenvalue weighted by molar-refractivity contribution is -0.129. The average Bonchev–Trinajstić information content (AvgIpc) is 1.98. The van der Waals surface area contributed by atoms with Crippen molar-refractivity contribution in [3.63, 3.8) is 0 Å². The molecule has 1 saturated carbocycles. The summed E-state index contributed by atoms with van der Waals surface area (Å²) in [6.07, 6.45) is 3.19. The highest BCUT2D eigenvalue weighted by Gasteiger charge is 2.31. The zero-order valence-corrected chi connectivity index (χ0v) is 8.26. The molecule has 1 rings (SSSR count). The van der Waals surface area contributed by atoms with Crippen LogP contribution in [0.5, 0.6) is 0 Å². The molecule has 1 aliphatic rings. The molecule has 70 valence electrons. The third-order valence-corrected chi connectivity index (χ3v) is 2.75. The molecule has 0 saturated heterocycles. The van der Waals surface area contributed by atoms with Gasteiger partial charge in [-0.05, 0) is 32.1 Å². The highest BCUT2D eigenvalue weighted by molar-refractivity contribution is 5.79. The zero-order chi connectivity index (χ0) is 9.14. The molecule has 0 aliphatic heterocycles. The van der Waals surface area contributed by atoms with Crippen molar-refractivity contribution in [3.05, 3.63) is 0 Å². The van der Waals surface area contributed by atoms with Crippen molar-refractivity contribution in [2.24, 2.45) is 11.8 Å². The normalized spacial score (nSPS) is 30.6. The van der Waals surface area contributed by atoms with Gasteiger partial charge in [0.15, 0.2) is 0 Å². The fourth-order valence-electron chi connectivity index (χ4n) is 1.58. The summed E-state index contributed by atoms with van der Waals surface area (Å²) in [6, 6.07) is 0.341. The molecule has 1 fully saturated rings. The second-order valence-corrected chi connectivity index (χ2v) is 4.09. The maximum absolute atomic E-state index is 11.4. The molecule has 0 aromatic heterocycles. The lowest BCUT2D eigenvalue weighted by Gasteiger charge is -2.32. The van der Waals surface area contributed by atoms with Crippen LogP contribution in [0.25, 0.3) is 0 Å². The first-order valence-corrected chi connectivity index (χ1v) is 4.93. The fourth-order valence-corrected chi connectivity index (χ4v) is 1.58. The van der Waals surface area contributed by atoms with Crippen LogP contribution in [0.4, 0.5) is 0 Å². The number of hydrogen-bond donors (Lipinski definition) is 1. The predicted octanol–water partition coefficient (Wildman–Crippen LogP) is 1.95. The molecule has 1 amide bonds. The van der Waals surface area contributed by atoms with E-state index in [0.29, 0.717) is 12.0 Å². The summed E-state index contributed by atoms with van der Waals surface area (Å²) in [6.45, 7) is 6.35. The van der Waals surface area contributed by atoms with Gasteiger partial charge in [0.1, 0.15) is 0 Å². The average molecular weight is 169 g/mol. The van der Waals surface area contributed by atoms with Crippen LogP contribution in [0, 0.1) is 11.8 Å². The number of hydrogen-bond acceptors (Lipinski definition) is 1. The van der Waals surface area contributed by atoms with E-state index < -0.39 is 0 Å². The van der Waals surface area contributed by atoms with Gasteiger partial charge in [-0.2, -0.15) is 0 Å². The molecular weight excluding hydrogens is 150 g/mol. The third kappa shape index (κ3) is 2.23. The number of nitrogens with one attached hydrogen (secondary N) is 1. The summed E-state index contributed by atoms with van der Waals surface area (Å²) < 4.78 is 0. The first-order chi connectivity index (χ1) is 5.63. The van der Waals surface area contributed by atoms with E-state index in [1.165, 1.54) is 0 Å². The first-order valence-electron chi connectivity index (χ1n) is 4.93. The van der Waals surface area contributed by atoms with Crippen LogP contribution in [-0.4, -0.2) is 11.9 Å². The second-order valence-electron chi connectivity index (χ2n) is 4.09. The van der Waals surface area contributed by atoms with Gasteiger partial charge in [0.05, 0.1) is 0 Å². The van der Waals surface area contributed by atoms with Crippen molar-refractivity contribution in [2.45, 2.75) is 46.1 Å². The van der Waals surface area contributed by atoms with Gasteiger partial charge in [0.25, 0.3) is 0 Å². The number of carbonyl (C=O) groups is 1. The Labute approximate surface area is 74.7 Å². The lowest BCUT2D eigenvalue weighted by Crippen LogP contribution is -2.41. The van der Waals surface area contributed by atoms with Crippen LogP contribution in [-0.2, 0) is 4.79 Å². The van der Waals surface area contributed by atoms with Crippen LogP contribution < -0.4 is 5.32 Å². The number of rotatable bonds is 3. The molecule has 1 atom stereocenters. The summed E-state index contributed by atoms with van der Waals surface area (Å²) in [7, 11) is 0. The molecule has 0 spiro atoms. The highest BCUT2D eigenvalue weighted by atomic mass is 16.1. The molecule has 2 nitrogen and oxygen atoms in total. The van der Waals surface area contributed by atoms with Crippen molar-refractivity contribution in [1.29, 1.82) is 0 Å². The minimum absolute atomic E-state index is 0.266. The van der Waals surface area contributed by atoms with E-state index in [1.807, 2.05) is 0 Å². The molecule has 1 aliphatic carbocycles. The monoisotopic (exact) mass is 169 g/mol. The van der Waals surface area contributed by atoms with Crippen molar-refractivity contribution in [2.75, 3.05) is 0 Å². The minimum atomic E-state index is 0.266. The summed E-state index contributed by atoms with van der Waals surface area (Å²) >= 11 is 0. The minimum Gasteiger partial charge on any atom is -0.353 e. The summed E-state index contributed by atoms with van der Waals surface area (Å²) in [5, 5.41) is 3.01. The molecule has 0 heterocycles. The molecule has 12 heavy (non-hydrogen) atoms. The molecule has 2 heteroatoms. The van der Waals surface area contributed by atoms with E-state index >= 15 is 0 Å². The van der Waals surface area contributed by atoms with E-state index in [4.69, 9.17) is 0 Å². The van der Waals surface area contributed by atoms with Crippen LogP contribution in [0.2, 0.25) is 0 Å². The van der Waals surface area contributed by atoms with Gasteiger partial charge in [-0.3, -0.25) is 4.79 Å². The van der Waals surface area contributed by atoms with Gasteiger partial charge in [0, 0.05) is 12.0 Å². The lowest BCUT2D eigenvalue weighted by atomic mass is 9.75. The van der Waals surface area contributed by atoms with Gasteiger partial charge in [-0.25, -0.2) is 0 Å². The Bertz CT molecular complexity index is 161. The molecule has 1 N–H and O–H groups in total. The Hall–Kier alpha value is -0.530. The second kappa shape index (κ2) is 3.92. The smallest absolute Gasteiger partial charge is 0.223 e. The maximum Gasteiger partial charge on any atom is 0.223 e. The Morgan fingerprint density at radius 3 is 2.58 bits per heavy atom. The van der Waals surface area contributed by atoms with Crippen LogP contribution in [0.1, 0.15) is 40.0 Å². The Morgan fingerprint density at radius 1 is 1.58 bits per heavy atom. The Kier molecular flexibility index (Phi) is 3.12. The van der Waals surface area contributed by atoms with Crippen molar-refractivity contribution in [1.82, 2.24) is 5.32 Å². The van der Waals surface area contributed by atoms with Gasteiger partial charge < -0.3 is 5.32 Å². The largest absolute Gasteiger partial charge is 0.353 e. The molecular formula is C10H19NO. The van der Waals surface area contributed by atoms with Gasteiger partial charge in [-0.15, -0.1) is 0 Å². The maximum atomic E-state index is 11.4. The topological polar surface area (TPSA) is 29.1 Å². The van der Waals surface area contributed by atoms with E-state index in [2.05, 4.69) is 26.1 Å².